The van der Waals surface area contributed by atoms with Crippen LogP contribution in [-0.4, -0.2) is 35.2 Å². The number of ether oxygens (including phenoxy) is 3. The van der Waals surface area contributed by atoms with Crippen molar-refractivity contribution >= 4 is 39.4 Å². The first kappa shape index (κ1) is 27.1. The molecule has 0 atom stereocenters. The zero-order valence-electron chi connectivity index (χ0n) is 19.7. The Labute approximate surface area is 219 Å². The van der Waals surface area contributed by atoms with Crippen LogP contribution in [0.15, 0.2) is 64.2 Å². The van der Waals surface area contributed by atoms with Crippen molar-refractivity contribution in [3.8, 4) is 23.0 Å². The van der Waals surface area contributed by atoms with Gasteiger partial charge in [0.15, 0.2) is 11.5 Å². The number of halogens is 1. The molecule has 0 aliphatic carbocycles. The second kappa shape index (κ2) is 12.4. The summed E-state index contributed by atoms with van der Waals surface area (Å²) in [4.78, 5) is 33.2. The van der Waals surface area contributed by atoms with E-state index in [0.29, 0.717) is 40.3 Å². The first-order valence-corrected chi connectivity index (χ1v) is 11.7. The molecule has 192 valence electrons. The van der Waals surface area contributed by atoms with Crippen LogP contribution < -0.4 is 19.6 Å². The fourth-order valence-corrected chi connectivity index (χ4v) is 3.55. The van der Waals surface area contributed by atoms with Crippen LogP contribution in [0.3, 0.4) is 0 Å². The second-order valence-electron chi connectivity index (χ2n) is 7.18. The monoisotopic (exact) mass is 572 g/mol. The van der Waals surface area contributed by atoms with E-state index < -0.39 is 27.1 Å². The number of nitrogens with zero attached hydrogens (tertiary/aromatic N) is 3. The third-order valence-electron chi connectivity index (χ3n) is 4.71. The second-order valence-corrected chi connectivity index (χ2v) is 8.04. The SMILES string of the molecule is CCOc1ccc(C(=O)N/N=C/c2ccc(Oc3ccc([N+](=O)[O-])cc3[N+](=O)[O-])c(Br)c2)cc1OCC. The van der Waals surface area contributed by atoms with Gasteiger partial charge in [-0.15, -0.1) is 0 Å². The van der Waals surface area contributed by atoms with Crippen molar-refractivity contribution in [3.63, 3.8) is 0 Å². The molecule has 12 nitrogen and oxygen atoms in total. The van der Waals surface area contributed by atoms with E-state index in [4.69, 9.17) is 14.2 Å². The highest BCUT2D eigenvalue weighted by Gasteiger charge is 2.22. The number of benzene rings is 3. The average Bonchev–Trinajstić information content (AvgIpc) is 2.86. The molecule has 0 fully saturated rings. The number of rotatable bonds is 11. The van der Waals surface area contributed by atoms with E-state index in [1.807, 2.05) is 13.8 Å². The summed E-state index contributed by atoms with van der Waals surface area (Å²) in [6.07, 6.45) is 1.40. The molecule has 1 amide bonds. The number of carbonyl (C=O) groups is 1. The first-order valence-electron chi connectivity index (χ1n) is 10.9. The maximum absolute atomic E-state index is 12.5. The fraction of sp³-hybridized carbons (Fsp3) is 0.167. The molecular weight excluding hydrogens is 552 g/mol. The number of nitro benzene ring substituents is 2. The zero-order chi connectivity index (χ0) is 26.9. The first-order chi connectivity index (χ1) is 17.7. The summed E-state index contributed by atoms with van der Waals surface area (Å²) in [6.45, 7) is 4.55. The number of hydrogen-bond acceptors (Lipinski definition) is 9. The Morgan fingerprint density at radius 3 is 2.24 bits per heavy atom. The molecule has 0 unspecified atom stereocenters. The molecule has 1 N–H and O–H groups in total. The Morgan fingerprint density at radius 2 is 1.59 bits per heavy atom. The lowest BCUT2D eigenvalue weighted by Gasteiger charge is -2.11. The number of carbonyl (C=O) groups excluding carboxylic acids is 1. The molecule has 3 rings (SSSR count). The molecule has 0 bridgehead atoms. The smallest absolute Gasteiger partial charge is 0.318 e. The van der Waals surface area contributed by atoms with Crippen LogP contribution in [0, 0.1) is 20.2 Å². The zero-order valence-corrected chi connectivity index (χ0v) is 21.3. The van der Waals surface area contributed by atoms with E-state index in [9.17, 15) is 25.0 Å². The highest BCUT2D eigenvalue weighted by molar-refractivity contribution is 9.10. The number of amides is 1. The van der Waals surface area contributed by atoms with Crippen molar-refractivity contribution in [2.24, 2.45) is 5.10 Å². The van der Waals surface area contributed by atoms with Gasteiger partial charge in [0.25, 0.3) is 11.6 Å². The quantitative estimate of drug-likeness (QED) is 0.176. The van der Waals surface area contributed by atoms with Gasteiger partial charge in [0.1, 0.15) is 5.75 Å². The van der Waals surface area contributed by atoms with Gasteiger partial charge >= 0.3 is 5.69 Å². The van der Waals surface area contributed by atoms with E-state index in [1.54, 1.807) is 30.3 Å². The number of hydrogen-bond donors (Lipinski definition) is 1. The Kier molecular flexibility index (Phi) is 9.11. The van der Waals surface area contributed by atoms with Crippen molar-refractivity contribution in [2.75, 3.05) is 13.2 Å². The molecule has 0 aliphatic heterocycles. The van der Waals surface area contributed by atoms with Crippen LogP contribution in [0.5, 0.6) is 23.0 Å². The van der Waals surface area contributed by atoms with Gasteiger partial charge in [0.05, 0.1) is 39.8 Å². The van der Waals surface area contributed by atoms with Crippen molar-refractivity contribution in [1.82, 2.24) is 5.43 Å². The highest BCUT2D eigenvalue weighted by atomic mass is 79.9. The van der Waals surface area contributed by atoms with E-state index >= 15 is 0 Å². The normalized spacial score (nSPS) is 10.7. The summed E-state index contributed by atoms with van der Waals surface area (Å²) < 4.78 is 17.1. The van der Waals surface area contributed by atoms with Gasteiger partial charge in [-0.05, 0) is 77.8 Å². The van der Waals surface area contributed by atoms with E-state index in [0.717, 1.165) is 18.2 Å². The molecule has 0 radical (unpaired) electrons. The van der Waals surface area contributed by atoms with Gasteiger partial charge < -0.3 is 14.2 Å². The van der Waals surface area contributed by atoms with Gasteiger partial charge in [0.2, 0.25) is 5.75 Å². The summed E-state index contributed by atoms with van der Waals surface area (Å²) in [5.41, 5.74) is 2.38. The standard InChI is InChI=1S/C24H21BrN4O8/c1-3-35-22-9-6-16(12-23(22)36-4-2)24(30)27-26-14-15-5-8-20(18(25)11-15)37-21-10-7-17(28(31)32)13-19(21)29(33)34/h5-14H,3-4H2,1-2H3,(H,27,30)/b26-14+. The maximum atomic E-state index is 12.5. The predicted molar refractivity (Wildman–Crippen MR) is 138 cm³/mol. The van der Waals surface area contributed by atoms with Crippen molar-refractivity contribution in [2.45, 2.75) is 13.8 Å². The number of nitrogens with one attached hydrogen (secondary N) is 1. The number of non-ortho nitro benzene ring substituents is 1. The van der Waals surface area contributed by atoms with Crippen LogP contribution in [-0.2, 0) is 0 Å². The molecule has 3 aromatic carbocycles. The largest absolute Gasteiger partial charge is 0.490 e. The fourth-order valence-electron chi connectivity index (χ4n) is 3.07. The lowest BCUT2D eigenvalue weighted by Crippen LogP contribution is -2.17. The van der Waals surface area contributed by atoms with Crippen LogP contribution in [0.25, 0.3) is 0 Å². The Hall–Kier alpha value is -4.52. The molecule has 0 heterocycles. The topological polar surface area (TPSA) is 155 Å². The summed E-state index contributed by atoms with van der Waals surface area (Å²) in [5, 5.41) is 26.2. The van der Waals surface area contributed by atoms with E-state index in [-0.39, 0.29) is 11.5 Å². The summed E-state index contributed by atoms with van der Waals surface area (Å²) in [7, 11) is 0. The molecule has 3 aromatic rings. The van der Waals surface area contributed by atoms with Gasteiger partial charge in [-0.2, -0.15) is 5.10 Å². The number of hydrazone groups is 1. The Bertz CT molecular complexity index is 1360. The lowest BCUT2D eigenvalue weighted by atomic mass is 10.2. The molecule has 0 aliphatic rings. The minimum Gasteiger partial charge on any atom is -0.490 e. The molecule has 0 saturated carbocycles. The van der Waals surface area contributed by atoms with Crippen LogP contribution >= 0.6 is 15.9 Å². The minimum atomic E-state index is -0.762. The number of nitro groups is 2. The van der Waals surface area contributed by atoms with Gasteiger partial charge in [0, 0.05) is 11.6 Å². The molecule has 37 heavy (non-hydrogen) atoms. The van der Waals surface area contributed by atoms with Crippen LogP contribution in [0.1, 0.15) is 29.8 Å². The molecule has 0 saturated heterocycles. The summed E-state index contributed by atoms with van der Waals surface area (Å²) in [6, 6.07) is 12.7. The summed E-state index contributed by atoms with van der Waals surface area (Å²) >= 11 is 3.33. The Balaban J connectivity index is 1.70. The summed E-state index contributed by atoms with van der Waals surface area (Å²) in [5.74, 6) is 0.608. The third kappa shape index (κ3) is 7.01. The lowest BCUT2D eigenvalue weighted by molar-refractivity contribution is -0.394. The highest BCUT2D eigenvalue weighted by Crippen LogP contribution is 2.37. The van der Waals surface area contributed by atoms with Gasteiger partial charge in [-0.3, -0.25) is 25.0 Å². The molecular formula is C24H21BrN4O8. The molecule has 0 aromatic heterocycles. The van der Waals surface area contributed by atoms with Gasteiger partial charge in [-0.1, -0.05) is 0 Å². The van der Waals surface area contributed by atoms with Crippen LogP contribution in [0.2, 0.25) is 0 Å². The van der Waals surface area contributed by atoms with Crippen molar-refractivity contribution in [3.05, 3.63) is 90.4 Å². The maximum Gasteiger partial charge on any atom is 0.318 e. The van der Waals surface area contributed by atoms with Crippen LogP contribution in [0.4, 0.5) is 11.4 Å². The van der Waals surface area contributed by atoms with Gasteiger partial charge in [-0.25, -0.2) is 5.43 Å². The van der Waals surface area contributed by atoms with E-state index in [1.165, 1.54) is 12.3 Å². The molecule has 0 spiro atoms. The third-order valence-corrected chi connectivity index (χ3v) is 5.33. The molecule has 13 heteroatoms. The Morgan fingerprint density at radius 1 is 0.919 bits per heavy atom. The van der Waals surface area contributed by atoms with Crippen molar-refractivity contribution in [1.29, 1.82) is 0 Å². The van der Waals surface area contributed by atoms with E-state index in [2.05, 4.69) is 26.5 Å². The average molecular weight is 573 g/mol. The van der Waals surface area contributed by atoms with Crippen molar-refractivity contribution < 1.29 is 28.9 Å². The minimum absolute atomic E-state index is 0.160. The predicted octanol–water partition coefficient (Wildman–Crippen LogP) is 5.62.